The third-order valence-electron chi connectivity index (χ3n) is 5.22. The molecule has 0 fully saturated rings. The smallest absolute Gasteiger partial charge is 0.240 e. The van der Waals surface area contributed by atoms with E-state index in [2.05, 4.69) is 44.2 Å². The van der Waals surface area contributed by atoms with Crippen LogP contribution in [0.2, 0.25) is 0 Å². The molecule has 1 aliphatic carbocycles. The van der Waals surface area contributed by atoms with Crippen molar-refractivity contribution in [3.05, 3.63) is 87.3 Å². The Morgan fingerprint density at radius 1 is 1.18 bits per heavy atom. The van der Waals surface area contributed by atoms with Crippen molar-refractivity contribution in [2.45, 2.75) is 40.5 Å². The van der Waals surface area contributed by atoms with Crippen molar-refractivity contribution in [1.29, 1.82) is 0 Å². The maximum absolute atomic E-state index is 12.2. The number of allylic oxidation sites excluding steroid dienone is 4. The highest BCUT2D eigenvalue weighted by molar-refractivity contribution is 9.11. The van der Waals surface area contributed by atoms with Gasteiger partial charge in [0.2, 0.25) is 11.8 Å². The topological polar surface area (TPSA) is 72.8 Å². The van der Waals surface area contributed by atoms with E-state index >= 15 is 0 Å². The van der Waals surface area contributed by atoms with Gasteiger partial charge in [-0.05, 0) is 50.1 Å². The van der Waals surface area contributed by atoms with Crippen LogP contribution in [0.25, 0.3) is 0 Å². The molecule has 0 bridgehead atoms. The lowest BCUT2D eigenvalue weighted by atomic mass is 10.1. The maximum atomic E-state index is 12.2. The summed E-state index contributed by atoms with van der Waals surface area (Å²) in [4.78, 5) is 21.3. The van der Waals surface area contributed by atoms with Crippen LogP contribution in [0.3, 0.4) is 0 Å². The molecular weight excluding hydrogens is 494 g/mol. The minimum Gasteiger partial charge on any atom is -0.493 e. The highest BCUT2D eigenvalue weighted by Gasteiger charge is 2.21. The number of anilines is 1. The quantitative estimate of drug-likeness (QED) is 0.469. The third-order valence-corrected chi connectivity index (χ3v) is 5.78. The van der Waals surface area contributed by atoms with E-state index in [1.54, 1.807) is 18.3 Å². The first kappa shape index (κ1) is 25.4. The first-order chi connectivity index (χ1) is 16.5. The number of benzene rings is 1. The number of hydrogen-bond acceptors (Lipinski definition) is 5. The molecule has 2 aromatic rings. The molecule has 0 unspecified atom stereocenters. The number of amides is 1. The van der Waals surface area contributed by atoms with Crippen molar-refractivity contribution in [3.8, 4) is 5.75 Å². The molecule has 1 N–H and O–H groups in total. The molecule has 0 atom stereocenters. The maximum Gasteiger partial charge on any atom is 0.240 e. The number of halogens is 1. The van der Waals surface area contributed by atoms with Crippen molar-refractivity contribution in [3.63, 3.8) is 0 Å². The van der Waals surface area contributed by atoms with E-state index in [9.17, 15) is 4.79 Å². The second-order valence-corrected chi connectivity index (χ2v) is 8.55. The Labute approximate surface area is 209 Å². The molecule has 4 rings (SSSR count). The number of rotatable bonds is 6. The molecule has 34 heavy (non-hydrogen) atoms. The largest absolute Gasteiger partial charge is 0.493 e. The number of aryl methyl sites for hydroxylation is 1. The normalized spacial score (nSPS) is 14.8. The molecule has 0 saturated heterocycles. The minimum atomic E-state index is -0.134. The van der Waals surface area contributed by atoms with Crippen LogP contribution in [-0.2, 0) is 9.53 Å². The standard InChI is InChI=1S/C25H24BrN3O3.C2H6/c1-16-7-8-18(26)13-22-20(16)15-32-25(29-22)21-10-9-19(14-27-21)28-24(30)11-12-31-23-6-4-3-5-17(23)2;1-2/h3-6,8-10,13-14H,7,11-12,15H2,1-2H3,(H,28,30);1-2H3. The van der Waals surface area contributed by atoms with E-state index in [-0.39, 0.29) is 12.3 Å². The first-order valence-electron chi connectivity index (χ1n) is 11.4. The summed E-state index contributed by atoms with van der Waals surface area (Å²) in [6, 6.07) is 11.3. The van der Waals surface area contributed by atoms with E-state index in [0.717, 1.165) is 33.5 Å². The summed E-state index contributed by atoms with van der Waals surface area (Å²) in [5.41, 5.74) is 5.51. The van der Waals surface area contributed by atoms with Crippen LogP contribution in [0.1, 0.15) is 44.9 Å². The lowest BCUT2D eigenvalue weighted by Gasteiger charge is -2.20. The number of carbonyl (C=O) groups excluding carboxylic acids is 1. The molecule has 1 aliphatic heterocycles. The van der Waals surface area contributed by atoms with E-state index in [4.69, 9.17) is 9.47 Å². The average molecular weight is 524 g/mol. The van der Waals surface area contributed by atoms with Gasteiger partial charge in [0.25, 0.3) is 0 Å². The number of nitrogens with zero attached hydrogens (tertiary/aromatic N) is 2. The number of ether oxygens (including phenoxy) is 2. The van der Waals surface area contributed by atoms with E-state index in [1.165, 1.54) is 5.57 Å². The lowest BCUT2D eigenvalue weighted by molar-refractivity contribution is -0.116. The summed E-state index contributed by atoms with van der Waals surface area (Å²) in [5, 5.41) is 2.84. The zero-order valence-electron chi connectivity index (χ0n) is 20.0. The van der Waals surface area contributed by atoms with Gasteiger partial charge in [0.1, 0.15) is 18.1 Å². The average Bonchev–Trinajstić information content (AvgIpc) is 2.99. The Morgan fingerprint density at radius 2 is 1.97 bits per heavy atom. The van der Waals surface area contributed by atoms with Gasteiger partial charge in [0.15, 0.2) is 0 Å². The summed E-state index contributed by atoms with van der Waals surface area (Å²) in [5.74, 6) is 1.13. The molecule has 0 spiro atoms. The molecular formula is C27H30BrN3O3. The number of pyridine rings is 1. The number of nitrogens with one attached hydrogen (secondary N) is 1. The molecule has 7 heteroatoms. The van der Waals surface area contributed by atoms with Gasteiger partial charge >= 0.3 is 0 Å². The SMILES string of the molecule is CC.CC1=C2COC(c3ccc(NC(=O)CCOc4ccccc4C)cn3)=NC2=CC(Br)=CC1. The summed E-state index contributed by atoms with van der Waals surface area (Å²) in [7, 11) is 0. The molecule has 6 nitrogen and oxygen atoms in total. The Bertz CT molecular complexity index is 1150. The Balaban J connectivity index is 0.00000158. The number of hydrogen-bond donors (Lipinski definition) is 1. The van der Waals surface area contributed by atoms with Gasteiger partial charge in [0.05, 0.1) is 30.6 Å². The van der Waals surface area contributed by atoms with Gasteiger partial charge in [-0.2, -0.15) is 0 Å². The molecule has 2 heterocycles. The van der Waals surface area contributed by atoms with Gasteiger partial charge in [0, 0.05) is 10.1 Å². The van der Waals surface area contributed by atoms with E-state index in [0.29, 0.717) is 30.5 Å². The van der Waals surface area contributed by atoms with Crippen molar-refractivity contribution in [1.82, 2.24) is 4.98 Å². The second kappa shape index (κ2) is 12.3. The van der Waals surface area contributed by atoms with Crippen molar-refractivity contribution in [2.75, 3.05) is 18.5 Å². The van der Waals surface area contributed by atoms with Crippen LogP contribution in [0.15, 0.2) is 81.1 Å². The molecule has 0 radical (unpaired) electrons. The van der Waals surface area contributed by atoms with Crippen LogP contribution in [-0.4, -0.2) is 30.0 Å². The van der Waals surface area contributed by atoms with E-state index in [1.807, 2.05) is 51.1 Å². The number of para-hydroxylation sites is 1. The van der Waals surface area contributed by atoms with Gasteiger partial charge in [-0.25, -0.2) is 9.98 Å². The summed E-state index contributed by atoms with van der Waals surface area (Å²) in [6.07, 6.45) is 6.84. The zero-order valence-corrected chi connectivity index (χ0v) is 21.6. The fourth-order valence-electron chi connectivity index (χ4n) is 3.37. The van der Waals surface area contributed by atoms with Gasteiger partial charge in [-0.3, -0.25) is 4.79 Å². The van der Waals surface area contributed by atoms with Crippen LogP contribution in [0.5, 0.6) is 5.75 Å². The molecule has 178 valence electrons. The predicted octanol–water partition coefficient (Wildman–Crippen LogP) is 6.48. The van der Waals surface area contributed by atoms with Crippen molar-refractivity contribution in [2.24, 2.45) is 4.99 Å². The Hall–Kier alpha value is -3.19. The number of aromatic nitrogens is 1. The van der Waals surface area contributed by atoms with Crippen LogP contribution < -0.4 is 10.1 Å². The number of aliphatic imine (C=N–C) groups is 1. The van der Waals surface area contributed by atoms with Crippen molar-refractivity contribution < 1.29 is 14.3 Å². The van der Waals surface area contributed by atoms with Gasteiger partial charge < -0.3 is 14.8 Å². The number of fused-ring (bicyclic) bond motifs is 1. The number of carbonyl (C=O) groups is 1. The highest BCUT2D eigenvalue weighted by atomic mass is 79.9. The monoisotopic (exact) mass is 523 g/mol. The predicted molar refractivity (Wildman–Crippen MR) is 140 cm³/mol. The fraction of sp³-hybridized carbons (Fsp3) is 0.296. The van der Waals surface area contributed by atoms with Gasteiger partial charge in [-0.15, -0.1) is 0 Å². The summed E-state index contributed by atoms with van der Waals surface area (Å²) < 4.78 is 12.6. The second-order valence-electron chi connectivity index (χ2n) is 7.63. The fourth-order valence-corrected chi connectivity index (χ4v) is 3.75. The van der Waals surface area contributed by atoms with Crippen LogP contribution in [0, 0.1) is 6.92 Å². The summed E-state index contributed by atoms with van der Waals surface area (Å²) >= 11 is 3.55. The molecule has 1 aromatic carbocycles. The van der Waals surface area contributed by atoms with Crippen LogP contribution in [0.4, 0.5) is 5.69 Å². The Kier molecular flexibility index (Phi) is 9.22. The lowest BCUT2D eigenvalue weighted by Crippen LogP contribution is -2.19. The molecule has 1 aromatic heterocycles. The minimum absolute atomic E-state index is 0.134. The third kappa shape index (κ3) is 6.67. The highest BCUT2D eigenvalue weighted by Crippen LogP contribution is 2.30. The summed E-state index contributed by atoms with van der Waals surface area (Å²) in [6.45, 7) is 8.84. The van der Waals surface area contributed by atoms with Crippen LogP contribution >= 0.6 is 15.9 Å². The van der Waals surface area contributed by atoms with Crippen molar-refractivity contribution >= 4 is 33.4 Å². The zero-order chi connectivity index (χ0) is 24.5. The van der Waals surface area contributed by atoms with Gasteiger partial charge in [-0.1, -0.05) is 59.6 Å². The Morgan fingerprint density at radius 3 is 2.71 bits per heavy atom. The molecule has 1 amide bonds. The molecule has 2 aliphatic rings. The molecule has 0 saturated carbocycles. The van der Waals surface area contributed by atoms with E-state index < -0.39 is 0 Å². The first-order valence-corrected chi connectivity index (χ1v) is 12.2.